The highest BCUT2D eigenvalue weighted by molar-refractivity contribution is 6.31. The number of hydrogen-bond acceptors (Lipinski definition) is 4. The van der Waals surface area contributed by atoms with E-state index in [0.717, 1.165) is 16.7 Å². The summed E-state index contributed by atoms with van der Waals surface area (Å²) in [6.45, 7) is 1.76. The lowest BCUT2D eigenvalue weighted by Gasteiger charge is -2.08. The lowest BCUT2D eigenvalue weighted by Crippen LogP contribution is -2.13. The van der Waals surface area contributed by atoms with Gasteiger partial charge >= 0.3 is 0 Å². The first kappa shape index (κ1) is 14.3. The van der Waals surface area contributed by atoms with E-state index in [2.05, 4.69) is 0 Å². The molecule has 5 heteroatoms. The third-order valence-corrected chi connectivity index (χ3v) is 3.10. The Hall–Kier alpha value is -1.07. The van der Waals surface area contributed by atoms with Crippen LogP contribution >= 0.6 is 11.6 Å². The Bertz CT molecular complexity index is 526. The lowest BCUT2D eigenvalue weighted by molar-refractivity contribution is 0.0665. The first-order chi connectivity index (χ1) is 9.20. The van der Waals surface area contributed by atoms with Gasteiger partial charge in [0.15, 0.2) is 0 Å². The van der Waals surface area contributed by atoms with Crippen LogP contribution in [0.5, 0.6) is 0 Å². The number of hydrogen-bond donors (Lipinski definition) is 1. The van der Waals surface area contributed by atoms with Gasteiger partial charge in [0.1, 0.15) is 11.3 Å². The smallest absolute Gasteiger partial charge is 0.134 e. The topological polar surface area (TPSA) is 57.6 Å². The van der Waals surface area contributed by atoms with E-state index in [9.17, 15) is 0 Å². The number of halogens is 1. The predicted molar refractivity (Wildman–Crippen MR) is 75.5 cm³/mol. The Labute approximate surface area is 117 Å². The number of furan rings is 1. The van der Waals surface area contributed by atoms with Gasteiger partial charge in [-0.25, -0.2) is 0 Å². The van der Waals surface area contributed by atoms with Crippen molar-refractivity contribution in [2.45, 2.75) is 12.5 Å². The second kappa shape index (κ2) is 6.91. The van der Waals surface area contributed by atoms with Crippen LogP contribution in [0.25, 0.3) is 11.0 Å². The second-order valence-corrected chi connectivity index (χ2v) is 4.77. The summed E-state index contributed by atoms with van der Waals surface area (Å²) < 4.78 is 16.0. The van der Waals surface area contributed by atoms with Crippen molar-refractivity contribution in [3.63, 3.8) is 0 Å². The van der Waals surface area contributed by atoms with Gasteiger partial charge in [0.05, 0.1) is 19.3 Å². The highest BCUT2D eigenvalue weighted by Gasteiger charge is 2.12. The van der Waals surface area contributed by atoms with Gasteiger partial charge in [0.25, 0.3) is 0 Å². The van der Waals surface area contributed by atoms with Crippen molar-refractivity contribution in [2.75, 3.05) is 26.9 Å². The molecule has 104 valence electrons. The Morgan fingerprint density at radius 1 is 1.26 bits per heavy atom. The van der Waals surface area contributed by atoms with E-state index in [1.807, 2.05) is 18.2 Å². The summed E-state index contributed by atoms with van der Waals surface area (Å²) in [5, 5.41) is 1.66. The van der Waals surface area contributed by atoms with E-state index in [4.69, 9.17) is 31.2 Å². The van der Waals surface area contributed by atoms with Crippen molar-refractivity contribution < 1.29 is 13.9 Å². The fourth-order valence-corrected chi connectivity index (χ4v) is 1.99. The van der Waals surface area contributed by atoms with Gasteiger partial charge in [0.2, 0.25) is 0 Å². The summed E-state index contributed by atoms with van der Waals surface area (Å²) in [4.78, 5) is 0. The summed E-state index contributed by atoms with van der Waals surface area (Å²) in [7, 11) is 1.65. The molecule has 0 aliphatic heterocycles. The molecular weight excluding hydrogens is 266 g/mol. The van der Waals surface area contributed by atoms with Crippen molar-refractivity contribution in [1.29, 1.82) is 0 Å². The van der Waals surface area contributed by atoms with Crippen molar-refractivity contribution >= 4 is 22.6 Å². The number of nitrogens with two attached hydrogens (primary N) is 1. The van der Waals surface area contributed by atoms with E-state index in [1.54, 1.807) is 13.2 Å². The van der Waals surface area contributed by atoms with Gasteiger partial charge < -0.3 is 19.6 Å². The van der Waals surface area contributed by atoms with Crippen molar-refractivity contribution in [3.05, 3.63) is 35.0 Å². The number of ether oxygens (including phenoxy) is 2. The zero-order valence-electron chi connectivity index (χ0n) is 10.9. The number of benzene rings is 1. The molecule has 0 amide bonds. The molecule has 1 unspecified atom stereocenters. The van der Waals surface area contributed by atoms with Crippen LogP contribution in [0.2, 0.25) is 5.02 Å². The Morgan fingerprint density at radius 3 is 2.89 bits per heavy atom. The maximum Gasteiger partial charge on any atom is 0.134 e. The molecule has 0 aliphatic carbocycles. The molecule has 0 bridgehead atoms. The van der Waals surface area contributed by atoms with E-state index < -0.39 is 0 Å². The van der Waals surface area contributed by atoms with E-state index in [0.29, 0.717) is 31.3 Å². The minimum absolute atomic E-state index is 0.172. The molecule has 0 saturated carbocycles. The zero-order chi connectivity index (χ0) is 13.7. The van der Waals surface area contributed by atoms with E-state index in [-0.39, 0.29) is 6.04 Å². The fraction of sp³-hybridized carbons (Fsp3) is 0.429. The molecule has 0 fully saturated rings. The average molecular weight is 284 g/mol. The quantitative estimate of drug-likeness (QED) is 0.793. The van der Waals surface area contributed by atoms with Crippen LogP contribution in [-0.4, -0.2) is 26.9 Å². The fourth-order valence-electron chi connectivity index (χ4n) is 1.81. The van der Waals surface area contributed by atoms with Crippen LogP contribution in [0.4, 0.5) is 0 Å². The molecule has 1 aromatic carbocycles. The van der Waals surface area contributed by atoms with Crippen molar-refractivity contribution in [2.24, 2.45) is 5.73 Å². The normalized spacial score (nSPS) is 13.0. The molecule has 2 aromatic rings. The highest BCUT2D eigenvalue weighted by Crippen LogP contribution is 2.26. The SMILES string of the molecule is COCCOCCC(N)c1cc2cc(Cl)ccc2o1. The molecule has 0 saturated heterocycles. The summed E-state index contributed by atoms with van der Waals surface area (Å²) >= 11 is 5.93. The largest absolute Gasteiger partial charge is 0.459 e. The van der Waals surface area contributed by atoms with Gasteiger partial charge in [-0.05, 0) is 30.7 Å². The van der Waals surface area contributed by atoms with Gasteiger partial charge in [0, 0.05) is 24.1 Å². The molecule has 4 nitrogen and oxygen atoms in total. The maximum atomic E-state index is 6.07. The lowest BCUT2D eigenvalue weighted by atomic mass is 10.1. The summed E-state index contributed by atoms with van der Waals surface area (Å²) in [6, 6.07) is 7.28. The second-order valence-electron chi connectivity index (χ2n) is 4.33. The Morgan fingerprint density at radius 2 is 2.11 bits per heavy atom. The summed E-state index contributed by atoms with van der Waals surface area (Å²) in [5.74, 6) is 0.757. The Balaban J connectivity index is 1.91. The molecular formula is C14H18ClNO3. The van der Waals surface area contributed by atoms with Crippen molar-refractivity contribution in [3.8, 4) is 0 Å². The van der Waals surface area contributed by atoms with Crippen LogP contribution in [0, 0.1) is 0 Å². The van der Waals surface area contributed by atoms with Gasteiger partial charge in [-0.2, -0.15) is 0 Å². The summed E-state index contributed by atoms with van der Waals surface area (Å²) in [6.07, 6.45) is 0.706. The molecule has 19 heavy (non-hydrogen) atoms. The first-order valence-corrected chi connectivity index (χ1v) is 6.60. The van der Waals surface area contributed by atoms with Crippen LogP contribution in [0.15, 0.2) is 28.7 Å². The number of fused-ring (bicyclic) bond motifs is 1. The maximum absolute atomic E-state index is 6.07. The zero-order valence-corrected chi connectivity index (χ0v) is 11.7. The monoisotopic (exact) mass is 283 g/mol. The molecule has 0 radical (unpaired) electrons. The molecule has 1 atom stereocenters. The van der Waals surface area contributed by atoms with Crippen LogP contribution < -0.4 is 5.73 Å². The van der Waals surface area contributed by atoms with E-state index in [1.165, 1.54) is 0 Å². The Kier molecular flexibility index (Phi) is 5.22. The standard InChI is InChI=1S/C14H18ClNO3/c1-17-6-7-18-5-4-12(16)14-9-10-8-11(15)2-3-13(10)19-14/h2-3,8-9,12H,4-7,16H2,1H3. The highest BCUT2D eigenvalue weighted by atomic mass is 35.5. The minimum atomic E-state index is -0.172. The minimum Gasteiger partial charge on any atom is -0.459 e. The van der Waals surface area contributed by atoms with Crippen LogP contribution in [0.1, 0.15) is 18.2 Å². The van der Waals surface area contributed by atoms with Crippen LogP contribution in [-0.2, 0) is 9.47 Å². The van der Waals surface area contributed by atoms with Crippen LogP contribution in [0.3, 0.4) is 0 Å². The molecule has 2 N–H and O–H groups in total. The molecule has 2 rings (SSSR count). The number of rotatable bonds is 7. The van der Waals surface area contributed by atoms with Gasteiger partial charge in [-0.15, -0.1) is 0 Å². The summed E-state index contributed by atoms with van der Waals surface area (Å²) in [5.41, 5.74) is 6.87. The third kappa shape index (κ3) is 3.94. The molecule has 1 heterocycles. The van der Waals surface area contributed by atoms with E-state index >= 15 is 0 Å². The molecule has 0 aliphatic rings. The average Bonchev–Trinajstić information content (AvgIpc) is 2.81. The van der Waals surface area contributed by atoms with Gasteiger partial charge in [-0.3, -0.25) is 0 Å². The van der Waals surface area contributed by atoms with Gasteiger partial charge in [-0.1, -0.05) is 11.6 Å². The molecule has 1 aromatic heterocycles. The van der Waals surface area contributed by atoms with Crippen molar-refractivity contribution in [1.82, 2.24) is 0 Å². The third-order valence-electron chi connectivity index (χ3n) is 2.87. The molecule has 0 spiro atoms. The predicted octanol–water partition coefficient (Wildman–Crippen LogP) is 3.14. The number of methoxy groups -OCH3 is 1. The first-order valence-electron chi connectivity index (χ1n) is 6.22.